The first-order valence-electron chi connectivity index (χ1n) is 12.7. The fourth-order valence-electron chi connectivity index (χ4n) is 5.46. The summed E-state index contributed by atoms with van der Waals surface area (Å²) in [5.74, 6) is 0.672. The quantitative estimate of drug-likeness (QED) is 0.0541. The Hall–Kier alpha value is -1.37. The molecule has 0 amide bonds. The predicted octanol–water partition coefficient (Wildman–Crippen LogP) is 4.58. The molecule has 0 unspecified atom stereocenters. The summed E-state index contributed by atoms with van der Waals surface area (Å²) < 4.78 is 40.6. The zero-order valence-corrected chi connectivity index (χ0v) is 26.7. The molecule has 39 heavy (non-hydrogen) atoms. The van der Waals surface area contributed by atoms with Gasteiger partial charge in [-0.15, -0.1) is 6.20 Å². The topological polar surface area (TPSA) is 105 Å². The summed E-state index contributed by atoms with van der Waals surface area (Å²) in [6.07, 6.45) is 13.5. The van der Waals surface area contributed by atoms with Gasteiger partial charge in [-0.25, -0.2) is 12.1 Å². The normalized spacial score (nSPS) is 21.1. The Morgan fingerprint density at radius 2 is 2.00 bits per heavy atom. The second-order valence-electron chi connectivity index (χ2n) is 9.56. The van der Waals surface area contributed by atoms with E-state index in [9.17, 15) is 18.2 Å². The van der Waals surface area contributed by atoms with Crippen molar-refractivity contribution in [1.82, 2.24) is 0 Å². The van der Waals surface area contributed by atoms with E-state index in [4.69, 9.17) is 0 Å². The van der Waals surface area contributed by atoms with Gasteiger partial charge in [0.15, 0.2) is 5.71 Å². The van der Waals surface area contributed by atoms with Crippen molar-refractivity contribution >= 4 is 39.2 Å². The van der Waals surface area contributed by atoms with E-state index in [1.165, 1.54) is 29.1 Å². The van der Waals surface area contributed by atoms with Crippen LogP contribution < -0.4 is 10.2 Å². The molecule has 0 N–H and O–H groups in total. The first-order chi connectivity index (χ1) is 18.2. The molecule has 4 rings (SSSR count). The minimum absolute atomic E-state index is 0. The van der Waals surface area contributed by atoms with Crippen LogP contribution >= 0.6 is 12.0 Å². The van der Waals surface area contributed by atoms with Crippen molar-refractivity contribution in [3.05, 3.63) is 72.5 Å². The number of hydrogen-bond donors (Lipinski definition) is 0. The van der Waals surface area contributed by atoms with Gasteiger partial charge in [0.05, 0.1) is 27.6 Å². The molecule has 1 aliphatic carbocycles. The first-order valence-corrected chi connectivity index (χ1v) is 14.8. The molecule has 1 fully saturated rings. The molecule has 11 heteroatoms. The van der Waals surface area contributed by atoms with Crippen LogP contribution in [0.5, 0.6) is 0 Å². The maximum Gasteiger partial charge on any atom is 0.209 e. The predicted molar refractivity (Wildman–Crippen MR) is 142 cm³/mol. The van der Waals surface area contributed by atoms with Crippen molar-refractivity contribution in [1.29, 1.82) is 0 Å². The van der Waals surface area contributed by atoms with E-state index in [1.54, 1.807) is 11.0 Å². The van der Waals surface area contributed by atoms with E-state index >= 15 is 0 Å². The van der Waals surface area contributed by atoms with Gasteiger partial charge in [-0.1, -0.05) is 11.8 Å². The molecule has 0 aromatic heterocycles. The molecule has 1 heterocycles. The third-order valence-electron chi connectivity index (χ3n) is 7.40. The van der Waals surface area contributed by atoms with Crippen molar-refractivity contribution in [2.75, 3.05) is 18.0 Å². The van der Waals surface area contributed by atoms with Crippen LogP contribution in [0.2, 0.25) is 0 Å². The van der Waals surface area contributed by atoms with Gasteiger partial charge in [-0.05, 0) is 70.2 Å². The molecule has 207 valence electrons. The summed E-state index contributed by atoms with van der Waals surface area (Å²) >= 11 is 0.916. The van der Waals surface area contributed by atoms with E-state index in [2.05, 4.69) is 58.3 Å². The summed E-state index contributed by atoms with van der Waals surface area (Å²) in [5, 5.41) is 13.9. The molecule has 0 saturated heterocycles. The summed E-state index contributed by atoms with van der Waals surface area (Å²) in [7, 11) is -4.51. The first kappa shape index (κ1) is 32.2. The molecule has 2 aromatic rings. The minimum atomic E-state index is -4.51. The van der Waals surface area contributed by atoms with Crippen LogP contribution in [-0.4, -0.2) is 36.3 Å². The maximum absolute atomic E-state index is 11.2. The molecule has 1 saturated carbocycles. The van der Waals surface area contributed by atoms with Gasteiger partial charge in [-0.3, -0.25) is 13.5 Å². The summed E-state index contributed by atoms with van der Waals surface area (Å²) in [5.41, 5.74) is 4.14. The maximum atomic E-state index is 11.2. The van der Waals surface area contributed by atoms with E-state index in [0.717, 1.165) is 49.2 Å². The number of allylic oxidation sites excluding steroid dienone is 3. The van der Waals surface area contributed by atoms with Crippen molar-refractivity contribution in [3.8, 4) is 0 Å². The molecule has 2 aromatic carbocycles. The van der Waals surface area contributed by atoms with E-state index in [-0.39, 0.29) is 43.0 Å². The van der Waals surface area contributed by atoms with Crippen molar-refractivity contribution in [2.45, 2.75) is 61.7 Å². The molecule has 1 radical (unpaired) electrons. The fourth-order valence-corrected chi connectivity index (χ4v) is 6.30. The van der Waals surface area contributed by atoms with Gasteiger partial charge in [0, 0.05) is 49.2 Å². The summed E-state index contributed by atoms with van der Waals surface area (Å²) in [6, 6.07) is 13.0. The number of fused-ring (bicyclic) bond motifs is 2. The number of anilines is 1. The van der Waals surface area contributed by atoms with Gasteiger partial charge in [0.25, 0.3) is 0 Å². The Balaban J connectivity index is 0.00000420. The molecule has 2 aliphatic rings. The largest absolute Gasteiger partial charge is 0.754 e. The standard InChI is InChI=1S/C28H33N2O6S2.Y/c1-4-29(22-9-12-24(13-10-22)38(32,33)34)19-7-6-8-27-28(17-15-21(3)16-18-28)25-20-23(37-36-35-31)11-14-26(25)30(27)5-2;/h6-9,11-14,20-21,31H,4-5,15-18H2,1-3H3,(H,32,33,34);/q-1;/p-2. The van der Waals surface area contributed by atoms with Crippen molar-refractivity contribution in [2.24, 2.45) is 5.92 Å². The average molecular weight is 645 g/mol. The Morgan fingerprint density at radius 1 is 1.26 bits per heavy atom. The molecule has 0 atom stereocenters. The van der Waals surface area contributed by atoms with E-state index in [1.807, 2.05) is 25.1 Å². The van der Waals surface area contributed by atoms with Crippen molar-refractivity contribution < 1.29 is 64.9 Å². The second-order valence-corrected chi connectivity index (χ2v) is 11.7. The SMILES string of the molecule is CCN([C-]=CC=CC1=[N+](CC)c2ccc(SOO[O-])cc2C12CCC(C)CC2)c1[c-]cc(S(=O)(=O)[O-])cc1.[Y]. The average Bonchev–Trinajstić information content (AvgIpc) is 3.16. The third kappa shape index (κ3) is 7.11. The van der Waals surface area contributed by atoms with Crippen LogP contribution in [0.15, 0.2) is 64.4 Å². The Kier molecular flexibility index (Phi) is 11.5. The van der Waals surface area contributed by atoms with E-state index < -0.39 is 10.1 Å². The van der Waals surface area contributed by atoms with Crippen LogP contribution in [0.3, 0.4) is 0 Å². The van der Waals surface area contributed by atoms with Crippen LogP contribution in [0.1, 0.15) is 52.0 Å². The molecular formula is C28H31N2O6S2Y-3. The van der Waals surface area contributed by atoms with Gasteiger partial charge >= 0.3 is 0 Å². The smallest absolute Gasteiger partial charge is 0.209 e. The third-order valence-corrected chi connectivity index (χ3v) is 8.80. The van der Waals surface area contributed by atoms with Crippen LogP contribution in [0.25, 0.3) is 0 Å². The number of rotatable bonds is 10. The second kappa shape index (κ2) is 14.0. The minimum Gasteiger partial charge on any atom is -0.754 e. The van der Waals surface area contributed by atoms with Crippen LogP contribution in [0, 0.1) is 18.2 Å². The van der Waals surface area contributed by atoms with Crippen molar-refractivity contribution in [3.63, 3.8) is 0 Å². The van der Waals surface area contributed by atoms with Gasteiger partial charge in [0.2, 0.25) is 5.69 Å². The fraction of sp³-hybridized carbons (Fsp3) is 0.393. The van der Waals surface area contributed by atoms with Crippen LogP contribution in [0.4, 0.5) is 11.4 Å². The van der Waals surface area contributed by atoms with Crippen LogP contribution in [-0.2, 0) is 57.6 Å². The zero-order chi connectivity index (χ0) is 27.3. The van der Waals surface area contributed by atoms with E-state index in [0.29, 0.717) is 18.2 Å². The summed E-state index contributed by atoms with van der Waals surface area (Å²) in [6.45, 7) is 7.79. The number of hydrogen-bond acceptors (Lipinski definition) is 8. The molecule has 1 spiro atoms. The Bertz CT molecular complexity index is 1330. The molecule has 1 aliphatic heterocycles. The van der Waals surface area contributed by atoms with Gasteiger partial charge < -0.3 is 14.7 Å². The summed E-state index contributed by atoms with van der Waals surface area (Å²) in [4.78, 5) is 2.31. The van der Waals surface area contributed by atoms with Gasteiger partial charge in [0.1, 0.15) is 6.54 Å². The number of nitrogens with zero attached hydrogens (tertiary/aromatic N) is 2. The monoisotopic (exact) mass is 644 g/mol. The molecule has 8 nitrogen and oxygen atoms in total. The molecule has 0 bridgehead atoms. The Labute approximate surface area is 260 Å². The number of benzene rings is 2. The molecular weight excluding hydrogens is 613 g/mol. The zero-order valence-electron chi connectivity index (χ0n) is 22.3. The Morgan fingerprint density at radius 3 is 2.59 bits per heavy atom. The van der Waals surface area contributed by atoms with Gasteiger partial charge in [-0.2, -0.15) is 38.9 Å².